The highest BCUT2D eigenvalue weighted by Crippen LogP contribution is 2.35. The molecule has 0 aromatic heterocycles. The number of hydrogen-bond acceptors (Lipinski definition) is 6. The minimum Gasteiger partial charge on any atom is -0.490 e. The van der Waals surface area contributed by atoms with Crippen molar-refractivity contribution >= 4 is 50.9 Å². The Labute approximate surface area is 171 Å². The molecular formula is C19H22BrNO5S. The standard InChI is InChI=1S/C19H22BrNO5S/c1-5-11(3)26-15-8-7-13(9-14(15)20)10-16-17(22)21(19(24)27-16)12(4)18(23)25-6-2/h7-12H,5-6H2,1-4H3/b16-10+/t11-,12+/m0/s1. The number of thioether (sulfide) groups is 1. The van der Waals surface area contributed by atoms with Gasteiger partial charge < -0.3 is 9.47 Å². The van der Waals surface area contributed by atoms with E-state index in [0.717, 1.165) is 33.1 Å². The Morgan fingerprint density at radius 1 is 1.30 bits per heavy atom. The van der Waals surface area contributed by atoms with E-state index in [4.69, 9.17) is 9.47 Å². The first-order valence-electron chi connectivity index (χ1n) is 8.68. The molecule has 1 aromatic rings. The van der Waals surface area contributed by atoms with Crippen LogP contribution in [0.4, 0.5) is 4.79 Å². The fraction of sp³-hybridized carbons (Fsp3) is 0.421. The summed E-state index contributed by atoms with van der Waals surface area (Å²) < 4.78 is 11.5. The van der Waals surface area contributed by atoms with Gasteiger partial charge in [-0.2, -0.15) is 0 Å². The molecule has 0 aliphatic carbocycles. The lowest BCUT2D eigenvalue weighted by Gasteiger charge is -2.19. The molecule has 2 amide bonds. The fourth-order valence-corrected chi connectivity index (χ4v) is 3.73. The minimum atomic E-state index is -0.957. The highest BCUT2D eigenvalue weighted by atomic mass is 79.9. The van der Waals surface area contributed by atoms with Crippen LogP contribution in [0, 0.1) is 0 Å². The summed E-state index contributed by atoms with van der Waals surface area (Å²) in [6.45, 7) is 7.37. The normalized spacial score (nSPS) is 18.0. The van der Waals surface area contributed by atoms with Crippen molar-refractivity contribution in [2.75, 3.05) is 6.61 Å². The van der Waals surface area contributed by atoms with E-state index in [1.54, 1.807) is 13.0 Å². The van der Waals surface area contributed by atoms with Gasteiger partial charge in [-0.25, -0.2) is 4.79 Å². The summed E-state index contributed by atoms with van der Waals surface area (Å²) in [5.74, 6) is -0.387. The molecule has 1 aliphatic rings. The van der Waals surface area contributed by atoms with Gasteiger partial charge in [-0.15, -0.1) is 0 Å². The van der Waals surface area contributed by atoms with Gasteiger partial charge in [0.15, 0.2) is 0 Å². The number of nitrogens with zero attached hydrogens (tertiary/aromatic N) is 1. The first-order valence-corrected chi connectivity index (χ1v) is 10.3. The number of rotatable bonds is 7. The van der Waals surface area contributed by atoms with Crippen molar-refractivity contribution in [1.29, 1.82) is 0 Å². The fourth-order valence-electron chi connectivity index (χ4n) is 2.34. The van der Waals surface area contributed by atoms with Gasteiger partial charge in [-0.1, -0.05) is 13.0 Å². The van der Waals surface area contributed by atoms with Crippen LogP contribution in [0.5, 0.6) is 5.75 Å². The zero-order valence-corrected chi connectivity index (χ0v) is 18.1. The summed E-state index contributed by atoms with van der Waals surface area (Å²) in [6.07, 6.45) is 2.61. The van der Waals surface area contributed by atoms with Crippen molar-refractivity contribution in [3.63, 3.8) is 0 Å². The molecule has 2 atom stereocenters. The number of carbonyl (C=O) groups excluding carboxylic acids is 3. The average Bonchev–Trinajstić information content (AvgIpc) is 2.90. The molecule has 1 saturated heterocycles. The van der Waals surface area contributed by atoms with E-state index in [-0.39, 0.29) is 17.6 Å². The van der Waals surface area contributed by atoms with E-state index in [9.17, 15) is 14.4 Å². The Morgan fingerprint density at radius 3 is 2.59 bits per heavy atom. The van der Waals surface area contributed by atoms with Crippen LogP contribution in [0.1, 0.15) is 39.7 Å². The molecule has 1 aliphatic heterocycles. The molecule has 8 heteroatoms. The number of carbonyl (C=O) groups is 3. The Balaban J connectivity index is 2.20. The number of halogens is 1. The summed E-state index contributed by atoms with van der Waals surface area (Å²) >= 11 is 4.28. The maximum atomic E-state index is 12.6. The maximum Gasteiger partial charge on any atom is 0.329 e. The van der Waals surface area contributed by atoms with E-state index in [1.165, 1.54) is 6.92 Å². The van der Waals surface area contributed by atoms with E-state index in [2.05, 4.69) is 15.9 Å². The molecule has 27 heavy (non-hydrogen) atoms. The quantitative estimate of drug-likeness (QED) is 0.441. The molecule has 0 saturated carbocycles. The summed E-state index contributed by atoms with van der Waals surface area (Å²) in [5.41, 5.74) is 0.743. The van der Waals surface area contributed by atoms with Crippen LogP contribution in [0.25, 0.3) is 6.08 Å². The van der Waals surface area contributed by atoms with Gasteiger partial charge in [0.25, 0.3) is 11.1 Å². The van der Waals surface area contributed by atoms with Crippen LogP contribution in [0.15, 0.2) is 27.6 Å². The predicted molar refractivity (Wildman–Crippen MR) is 108 cm³/mol. The monoisotopic (exact) mass is 455 g/mol. The molecule has 0 unspecified atom stereocenters. The molecule has 1 aromatic carbocycles. The van der Waals surface area contributed by atoms with Gasteiger partial charge in [0.2, 0.25) is 0 Å². The molecule has 2 rings (SSSR count). The van der Waals surface area contributed by atoms with Gasteiger partial charge in [0, 0.05) is 0 Å². The topological polar surface area (TPSA) is 72.9 Å². The first-order chi connectivity index (χ1) is 12.8. The second-order valence-corrected chi connectivity index (χ2v) is 7.85. The Bertz CT molecular complexity index is 779. The maximum absolute atomic E-state index is 12.6. The highest BCUT2D eigenvalue weighted by molar-refractivity contribution is 9.10. The SMILES string of the molecule is CCOC(=O)[C@@H](C)N1C(=O)S/C(=C/c2ccc(O[C@@H](C)CC)c(Br)c2)C1=O. The Morgan fingerprint density at radius 2 is 2.00 bits per heavy atom. The molecule has 0 N–H and O–H groups in total. The second-order valence-electron chi connectivity index (χ2n) is 6.01. The third-order valence-electron chi connectivity index (χ3n) is 4.00. The van der Waals surface area contributed by atoms with E-state index in [0.29, 0.717) is 5.75 Å². The van der Waals surface area contributed by atoms with Crippen LogP contribution >= 0.6 is 27.7 Å². The van der Waals surface area contributed by atoms with Crippen LogP contribution in [-0.4, -0.2) is 40.8 Å². The van der Waals surface area contributed by atoms with Crippen molar-refractivity contribution in [2.24, 2.45) is 0 Å². The first kappa shape index (κ1) is 21.5. The van der Waals surface area contributed by atoms with Gasteiger partial charge in [0.1, 0.15) is 11.8 Å². The van der Waals surface area contributed by atoms with E-state index >= 15 is 0 Å². The lowest BCUT2D eigenvalue weighted by atomic mass is 10.2. The van der Waals surface area contributed by atoms with E-state index < -0.39 is 23.2 Å². The molecular weight excluding hydrogens is 434 g/mol. The zero-order valence-electron chi connectivity index (χ0n) is 15.7. The van der Waals surface area contributed by atoms with Crippen molar-refractivity contribution < 1.29 is 23.9 Å². The Hall–Kier alpha value is -1.80. The second kappa shape index (κ2) is 9.41. The number of imide groups is 1. The third kappa shape index (κ3) is 5.13. The lowest BCUT2D eigenvalue weighted by Crippen LogP contribution is -2.42. The van der Waals surface area contributed by atoms with Gasteiger partial charge in [-0.05, 0) is 78.7 Å². The molecule has 1 heterocycles. The largest absolute Gasteiger partial charge is 0.490 e. The lowest BCUT2D eigenvalue weighted by molar-refractivity contribution is -0.150. The van der Waals surface area contributed by atoms with Crippen LogP contribution in [-0.2, 0) is 14.3 Å². The number of esters is 1. The van der Waals surface area contributed by atoms with Crippen LogP contribution in [0.3, 0.4) is 0 Å². The molecule has 0 radical (unpaired) electrons. The smallest absolute Gasteiger partial charge is 0.329 e. The summed E-state index contributed by atoms with van der Waals surface area (Å²) in [7, 11) is 0. The van der Waals surface area contributed by atoms with Gasteiger partial charge in [0.05, 0.1) is 22.1 Å². The molecule has 146 valence electrons. The zero-order chi connectivity index (χ0) is 20.1. The van der Waals surface area contributed by atoms with Crippen molar-refractivity contribution in [2.45, 2.75) is 46.3 Å². The number of hydrogen-bond donors (Lipinski definition) is 0. The summed E-state index contributed by atoms with van der Waals surface area (Å²) in [6, 6.07) is 4.49. The number of benzene rings is 1. The number of amides is 2. The molecule has 0 bridgehead atoms. The van der Waals surface area contributed by atoms with Crippen LogP contribution < -0.4 is 4.74 Å². The van der Waals surface area contributed by atoms with Crippen molar-refractivity contribution in [3.05, 3.63) is 33.1 Å². The molecule has 1 fully saturated rings. The minimum absolute atomic E-state index is 0.0908. The Kier molecular flexibility index (Phi) is 7.49. The number of ether oxygens (including phenoxy) is 2. The van der Waals surface area contributed by atoms with Crippen molar-refractivity contribution in [3.8, 4) is 5.75 Å². The summed E-state index contributed by atoms with van der Waals surface area (Å²) in [4.78, 5) is 37.8. The highest BCUT2D eigenvalue weighted by Gasteiger charge is 2.41. The van der Waals surface area contributed by atoms with Crippen LogP contribution in [0.2, 0.25) is 0 Å². The van der Waals surface area contributed by atoms with Crippen molar-refractivity contribution in [1.82, 2.24) is 4.90 Å². The van der Waals surface area contributed by atoms with Gasteiger partial charge in [-0.3, -0.25) is 14.5 Å². The molecule has 6 nitrogen and oxygen atoms in total. The molecule has 0 spiro atoms. The van der Waals surface area contributed by atoms with E-state index in [1.807, 2.05) is 32.0 Å². The van der Waals surface area contributed by atoms with Gasteiger partial charge >= 0.3 is 5.97 Å². The average molecular weight is 456 g/mol. The summed E-state index contributed by atoms with van der Waals surface area (Å²) in [5, 5.41) is -0.484. The predicted octanol–water partition coefficient (Wildman–Crippen LogP) is 4.61. The third-order valence-corrected chi connectivity index (χ3v) is 5.50.